The zero-order valence-corrected chi connectivity index (χ0v) is 17.4. The molecule has 32 heavy (non-hydrogen) atoms. The molecule has 0 amide bonds. The Bertz CT molecular complexity index is 1260. The number of fused-ring (bicyclic) bond motifs is 1. The maximum Gasteiger partial charge on any atom is 0.419 e. The lowest BCUT2D eigenvalue weighted by molar-refractivity contribution is -0.140. The van der Waals surface area contributed by atoms with Crippen LogP contribution in [0.3, 0.4) is 0 Å². The Hall–Kier alpha value is -2.66. The fraction of sp³-hybridized carbons (Fsp3) is 0.400. The van der Waals surface area contributed by atoms with Gasteiger partial charge in [0.1, 0.15) is 17.0 Å². The molecule has 2 aliphatic rings. The number of pyridine rings is 1. The van der Waals surface area contributed by atoms with Gasteiger partial charge in [-0.2, -0.15) is 18.3 Å². The Morgan fingerprint density at radius 2 is 1.91 bits per heavy atom. The van der Waals surface area contributed by atoms with Crippen LogP contribution in [0.15, 0.2) is 12.1 Å². The summed E-state index contributed by atoms with van der Waals surface area (Å²) in [6.45, 7) is 3.17. The van der Waals surface area contributed by atoms with Gasteiger partial charge in [0, 0.05) is 6.54 Å². The lowest BCUT2D eigenvalue weighted by Gasteiger charge is -2.37. The molecule has 170 valence electrons. The van der Waals surface area contributed by atoms with Crippen molar-refractivity contribution in [1.82, 2.24) is 14.8 Å². The largest absolute Gasteiger partial charge is 0.503 e. The van der Waals surface area contributed by atoms with Crippen molar-refractivity contribution < 1.29 is 31.8 Å². The second-order valence-electron chi connectivity index (χ2n) is 8.00. The molecule has 1 aliphatic carbocycles. The Labute approximate surface area is 183 Å². The van der Waals surface area contributed by atoms with Crippen LogP contribution in [0.5, 0.6) is 5.75 Å². The van der Waals surface area contributed by atoms with E-state index in [0.29, 0.717) is 36.8 Å². The number of hydrogen-bond acceptors (Lipinski definition) is 5. The van der Waals surface area contributed by atoms with E-state index in [2.05, 4.69) is 15.0 Å². The summed E-state index contributed by atoms with van der Waals surface area (Å²) >= 11 is 6.49. The van der Waals surface area contributed by atoms with Gasteiger partial charge in [-0.3, -0.25) is 0 Å². The quantitative estimate of drug-likeness (QED) is 0.543. The molecule has 0 unspecified atom stereocenters. The van der Waals surface area contributed by atoms with E-state index < -0.39 is 34.8 Å². The van der Waals surface area contributed by atoms with Crippen molar-refractivity contribution in [2.75, 3.05) is 24.7 Å². The van der Waals surface area contributed by atoms with Gasteiger partial charge in [0.05, 0.1) is 40.5 Å². The number of halogens is 6. The van der Waals surface area contributed by atoms with E-state index in [9.17, 15) is 27.1 Å². The highest BCUT2D eigenvalue weighted by Gasteiger charge is 2.51. The number of ether oxygens (including phenoxy) is 1. The lowest BCUT2D eigenvalue weighted by atomic mass is 10.1. The van der Waals surface area contributed by atoms with Gasteiger partial charge in [0.25, 0.3) is 0 Å². The molecule has 0 radical (unpaired) electrons. The molecule has 2 fully saturated rings. The molecule has 2 aromatic heterocycles. The van der Waals surface area contributed by atoms with Gasteiger partial charge in [-0.15, -0.1) is 0 Å². The number of phenols is 1. The van der Waals surface area contributed by atoms with Crippen molar-refractivity contribution in [3.05, 3.63) is 40.0 Å². The molecule has 6 nitrogen and oxygen atoms in total. The number of aromatic nitrogens is 3. The molecule has 1 saturated carbocycles. The molecule has 1 aromatic carbocycles. The van der Waals surface area contributed by atoms with Gasteiger partial charge in [-0.25, -0.2) is 18.4 Å². The van der Waals surface area contributed by atoms with E-state index in [4.69, 9.17) is 16.3 Å². The minimum absolute atomic E-state index is 0.118. The zero-order chi connectivity index (χ0) is 23.0. The first-order chi connectivity index (χ1) is 15.0. The normalized spacial score (nSPS) is 18.0. The van der Waals surface area contributed by atoms with Crippen LogP contribution in [0, 0.1) is 18.6 Å². The maximum atomic E-state index is 14.6. The fourth-order valence-corrected chi connectivity index (χ4v) is 4.36. The van der Waals surface area contributed by atoms with Crippen LogP contribution in [0.25, 0.3) is 16.7 Å². The molecule has 0 atom stereocenters. The van der Waals surface area contributed by atoms with Crippen molar-refractivity contribution in [3.8, 4) is 11.4 Å². The molecule has 1 spiro atoms. The second kappa shape index (κ2) is 6.92. The molecular formula is C20H16ClF5N4O2. The highest BCUT2D eigenvalue weighted by Crippen LogP contribution is 2.47. The molecule has 3 heterocycles. The van der Waals surface area contributed by atoms with Crippen LogP contribution >= 0.6 is 11.6 Å². The summed E-state index contributed by atoms with van der Waals surface area (Å²) in [6.07, 6.45) is -3.32. The Morgan fingerprint density at radius 1 is 1.19 bits per heavy atom. The van der Waals surface area contributed by atoms with Gasteiger partial charge in [-0.05, 0) is 31.9 Å². The predicted molar refractivity (Wildman–Crippen MR) is 105 cm³/mol. The third-order valence-corrected chi connectivity index (χ3v) is 6.21. The number of hydrogen-bond donors (Lipinski definition) is 1. The third-order valence-electron chi connectivity index (χ3n) is 5.94. The summed E-state index contributed by atoms with van der Waals surface area (Å²) in [5.74, 6) is -4.92. The molecule has 0 bridgehead atoms. The van der Waals surface area contributed by atoms with E-state index in [1.807, 2.05) is 0 Å². The van der Waals surface area contributed by atoms with Crippen LogP contribution in [-0.2, 0) is 10.9 Å². The van der Waals surface area contributed by atoms with E-state index >= 15 is 0 Å². The van der Waals surface area contributed by atoms with Gasteiger partial charge in [-0.1, -0.05) is 11.6 Å². The van der Waals surface area contributed by atoms with Crippen molar-refractivity contribution in [3.63, 3.8) is 0 Å². The summed E-state index contributed by atoms with van der Waals surface area (Å²) in [4.78, 5) is 6.65. The summed E-state index contributed by atoms with van der Waals surface area (Å²) in [5, 5.41) is 14.0. The first kappa shape index (κ1) is 21.2. The topological polar surface area (TPSA) is 63.4 Å². The summed E-state index contributed by atoms with van der Waals surface area (Å²) < 4.78 is 74.6. The average molecular weight is 475 g/mol. The molecular weight excluding hydrogens is 459 g/mol. The van der Waals surface area contributed by atoms with Gasteiger partial charge in [0.15, 0.2) is 17.4 Å². The number of nitrogens with zero attached hydrogens (tertiary/aromatic N) is 4. The Kier molecular flexibility index (Phi) is 4.58. The van der Waals surface area contributed by atoms with E-state index in [-0.39, 0.29) is 22.1 Å². The number of aromatic hydroxyl groups is 1. The molecule has 1 aliphatic heterocycles. The third kappa shape index (κ3) is 3.09. The monoisotopic (exact) mass is 474 g/mol. The number of anilines is 1. The van der Waals surface area contributed by atoms with Crippen LogP contribution in [0.2, 0.25) is 5.02 Å². The Morgan fingerprint density at radius 3 is 2.56 bits per heavy atom. The number of benzene rings is 1. The van der Waals surface area contributed by atoms with Crippen molar-refractivity contribution in [2.24, 2.45) is 0 Å². The van der Waals surface area contributed by atoms with Crippen LogP contribution in [-0.4, -0.2) is 45.2 Å². The Balaban J connectivity index is 1.69. The highest BCUT2D eigenvalue weighted by molar-refractivity contribution is 6.33. The number of morpholine rings is 1. The second-order valence-corrected chi connectivity index (χ2v) is 8.41. The van der Waals surface area contributed by atoms with Crippen molar-refractivity contribution >= 4 is 28.5 Å². The highest BCUT2D eigenvalue weighted by atomic mass is 35.5. The van der Waals surface area contributed by atoms with Crippen LogP contribution in [0.1, 0.15) is 24.1 Å². The lowest BCUT2D eigenvalue weighted by Crippen LogP contribution is -2.48. The number of phenolic OH excluding ortho intramolecular Hbond substituents is 1. The first-order valence-electron chi connectivity index (χ1n) is 9.73. The molecule has 12 heteroatoms. The zero-order valence-electron chi connectivity index (χ0n) is 16.6. The van der Waals surface area contributed by atoms with Gasteiger partial charge >= 0.3 is 6.18 Å². The van der Waals surface area contributed by atoms with Crippen molar-refractivity contribution in [2.45, 2.75) is 31.5 Å². The molecule has 1 saturated heterocycles. The summed E-state index contributed by atoms with van der Waals surface area (Å²) in [5.41, 5.74) is -2.05. The minimum Gasteiger partial charge on any atom is -0.503 e. The first-order valence-corrected chi connectivity index (χ1v) is 10.1. The standard InChI is InChI=1S/C20H16ClF5N4O2/c1-9-16-13(7-11(21)18(27-16)29-4-5-32-8-19(29)2-3-19)30(28-9)12-6-10(20(24,25)26)14(22)17(31)15(12)23/h6-7,31H,2-5,8H2,1H3. The van der Waals surface area contributed by atoms with Crippen LogP contribution in [0.4, 0.5) is 27.8 Å². The summed E-state index contributed by atoms with van der Waals surface area (Å²) in [6, 6.07) is 1.69. The average Bonchev–Trinajstić information content (AvgIpc) is 3.42. The van der Waals surface area contributed by atoms with Crippen molar-refractivity contribution in [1.29, 1.82) is 0 Å². The van der Waals surface area contributed by atoms with E-state index in [1.165, 1.54) is 6.07 Å². The number of alkyl halides is 3. The minimum atomic E-state index is -5.15. The number of rotatable bonds is 2. The molecule has 1 N–H and O–H groups in total. The summed E-state index contributed by atoms with van der Waals surface area (Å²) in [7, 11) is 0. The van der Waals surface area contributed by atoms with E-state index in [1.54, 1.807) is 6.92 Å². The molecule has 3 aromatic rings. The van der Waals surface area contributed by atoms with Gasteiger partial charge < -0.3 is 14.7 Å². The van der Waals surface area contributed by atoms with Crippen LogP contribution < -0.4 is 4.90 Å². The van der Waals surface area contributed by atoms with Gasteiger partial charge in [0.2, 0.25) is 0 Å². The maximum absolute atomic E-state index is 14.6. The number of aryl methyl sites for hydroxylation is 1. The molecule has 5 rings (SSSR count). The smallest absolute Gasteiger partial charge is 0.419 e. The predicted octanol–water partition coefficient (Wildman–Crippen LogP) is 4.75. The SMILES string of the molecule is Cc1nn(-c2cc(C(F)(F)F)c(F)c(O)c2F)c2cc(Cl)c(N3CCOCC34CC4)nc12. The van der Waals surface area contributed by atoms with E-state index in [0.717, 1.165) is 17.5 Å². The fourth-order valence-electron chi connectivity index (χ4n) is 4.11.